The Morgan fingerprint density at radius 3 is 1.96 bits per heavy atom. The largest absolute Gasteiger partial charge is 0.379 e. The Kier molecular flexibility index (Phi) is 27.2. The molecule has 1 saturated heterocycles. The summed E-state index contributed by atoms with van der Waals surface area (Å²) in [6.45, 7) is 19.3. The van der Waals surface area contributed by atoms with E-state index in [0.29, 0.717) is 32.2 Å². The molecule has 1 fully saturated rings. The highest BCUT2D eigenvalue weighted by atomic mass is 16.5. The average molecular weight is 1020 g/mol. The number of hydrogen-bond acceptors (Lipinski definition) is 12. The number of benzene rings is 1. The molecule has 0 aliphatic carbocycles. The van der Waals surface area contributed by atoms with Crippen molar-refractivity contribution >= 4 is 41.5 Å². The average Bonchev–Trinajstić information content (AvgIpc) is 3.81. The first kappa shape index (κ1) is 63.2. The van der Waals surface area contributed by atoms with E-state index in [0.717, 1.165) is 5.56 Å². The molecule has 20 nitrogen and oxygen atoms in total. The normalized spacial score (nSPS) is 18.5. The summed E-state index contributed by atoms with van der Waals surface area (Å²) in [4.78, 5) is 99.5. The molecule has 0 aromatic heterocycles. The van der Waals surface area contributed by atoms with Gasteiger partial charge in [-0.1, -0.05) is 99.1 Å². The third-order valence-electron chi connectivity index (χ3n) is 14.0. The fourth-order valence-corrected chi connectivity index (χ4v) is 9.70. The van der Waals surface area contributed by atoms with Crippen molar-refractivity contribution in [3.05, 3.63) is 35.9 Å². The number of likely N-dealkylation sites (N-methyl/N-ethyl adjacent to an activating group) is 2. The van der Waals surface area contributed by atoms with Crippen molar-refractivity contribution in [1.29, 1.82) is 0 Å². The standard InChI is InChI=1S/C52H92N10O10/c1-16-33(8)44(61(13)51(68)42(31(4)5)59-50(67)43(32(6)7)60(11)12)39(70-14)28-40(63)62-27-21-25-38(62)45(71-15)34(9)47(64)57-35(10)46(36-22-18-17-19-23-36)72-29-56-48(65)37(24-20-26-55-52(54)69)58-49(66)41(53)30(2)3/h17-19,22-23,30-35,37-39,41-46H,16,20-21,24-29,53H2,1-15H3,(H,56,65)(H,57,64)(H,58,66)(H,59,67)(H3,54,55,69)/t33-,34+,35+,37-,38-,39+,41-,42-,43-,44-,45+,46+/m0/s1. The number of hydrogen-bond donors (Lipinski definition) is 7. The van der Waals surface area contributed by atoms with Crippen molar-refractivity contribution in [2.24, 2.45) is 41.1 Å². The zero-order chi connectivity index (χ0) is 54.6. The molecule has 1 aliphatic rings. The predicted octanol–water partition coefficient (Wildman–Crippen LogP) is 2.89. The van der Waals surface area contributed by atoms with Crippen LogP contribution >= 0.6 is 0 Å². The third-order valence-corrected chi connectivity index (χ3v) is 14.0. The summed E-state index contributed by atoms with van der Waals surface area (Å²) < 4.78 is 18.4. The van der Waals surface area contributed by atoms with Gasteiger partial charge in [-0.2, -0.15) is 0 Å². The molecule has 410 valence electrons. The number of likely N-dealkylation sites (tertiary alicyclic amines) is 1. The molecule has 0 spiro atoms. The number of rotatable bonds is 31. The number of urea groups is 1. The second-order valence-electron chi connectivity index (χ2n) is 20.7. The minimum atomic E-state index is -0.983. The van der Waals surface area contributed by atoms with E-state index < -0.39 is 84.4 Å². The molecule has 8 amide bonds. The van der Waals surface area contributed by atoms with Gasteiger partial charge in [0.15, 0.2) is 0 Å². The quantitative estimate of drug-likeness (QED) is 0.0418. The number of carbonyl (C=O) groups is 7. The van der Waals surface area contributed by atoms with Crippen LogP contribution in [0.5, 0.6) is 0 Å². The second-order valence-corrected chi connectivity index (χ2v) is 20.7. The number of methoxy groups -OCH3 is 2. The molecular formula is C52H92N10O10. The van der Waals surface area contributed by atoms with E-state index in [9.17, 15) is 33.6 Å². The van der Waals surface area contributed by atoms with Crippen LogP contribution in [0.25, 0.3) is 0 Å². The molecule has 1 aromatic carbocycles. The zero-order valence-electron chi connectivity index (χ0n) is 46.0. The minimum absolute atomic E-state index is 0.0150. The minimum Gasteiger partial charge on any atom is -0.379 e. The monoisotopic (exact) mass is 1020 g/mol. The Morgan fingerprint density at radius 2 is 1.43 bits per heavy atom. The predicted molar refractivity (Wildman–Crippen MR) is 278 cm³/mol. The number of nitrogens with two attached hydrogens (primary N) is 2. The van der Waals surface area contributed by atoms with E-state index in [2.05, 4.69) is 26.6 Å². The molecule has 1 aromatic rings. The van der Waals surface area contributed by atoms with Crippen LogP contribution in [0, 0.1) is 29.6 Å². The van der Waals surface area contributed by atoms with Gasteiger partial charge in [-0.15, -0.1) is 0 Å². The number of nitrogens with one attached hydrogen (secondary N) is 5. The topological polar surface area (TPSA) is 269 Å². The fourth-order valence-electron chi connectivity index (χ4n) is 9.70. The summed E-state index contributed by atoms with van der Waals surface area (Å²) in [5.41, 5.74) is 12.0. The number of amides is 8. The van der Waals surface area contributed by atoms with Crippen molar-refractivity contribution in [3.63, 3.8) is 0 Å². The Labute approximate surface area is 429 Å². The molecular weight excluding hydrogens is 925 g/mol. The highest BCUT2D eigenvalue weighted by Gasteiger charge is 2.43. The maximum Gasteiger partial charge on any atom is 0.312 e. The van der Waals surface area contributed by atoms with Crippen LogP contribution in [-0.2, 0) is 43.0 Å². The highest BCUT2D eigenvalue weighted by molar-refractivity contribution is 5.91. The summed E-state index contributed by atoms with van der Waals surface area (Å²) in [6, 6.07) is 3.90. The number of carbonyl (C=O) groups excluding carboxylic acids is 7. The van der Waals surface area contributed by atoms with Gasteiger partial charge in [-0.3, -0.25) is 33.7 Å². The Balaban J connectivity index is 2.28. The first-order valence-corrected chi connectivity index (χ1v) is 25.8. The highest BCUT2D eigenvalue weighted by Crippen LogP contribution is 2.30. The molecule has 9 N–H and O–H groups in total. The summed E-state index contributed by atoms with van der Waals surface area (Å²) in [5, 5.41) is 14.1. The zero-order valence-corrected chi connectivity index (χ0v) is 46.0. The van der Waals surface area contributed by atoms with Gasteiger partial charge in [0.05, 0.1) is 54.8 Å². The molecule has 0 bridgehead atoms. The van der Waals surface area contributed by atoms with E-state index in [1.807, 2.05) is 90.9 Å². The summed E-state index contributed by atoms with van der Waals surface area (Å²) in [6.07, 6.45) is 0.395. The molecule has 1 heterocycles. The molecule has 72 heavy (non-hydrogen) atoms. The maximum atomic E-state index is 14.5. The van der Waals surface area contributed by atoms with Crippen molar-refractivity contribution in [2.45, 2.75) is 168 Å². The first-order chi connectivity index (χ1) is 33.8. The second kappa shape index (κ2) is 31.0. The van der Waals surface area contributed by atoms with E-state index in [1.54, 1.807) is 51.7 Å². The van der Waals surface area contributed by atoms with Crippen LogP contribution in [0.4, 0.5) is 4.79 Å². The number of ether oxygens (including phenoxy) is 3. The van der Waals surface area contributed by atoms with Gasteiger partial charge in [0, 0.05) is 34.4 Å². The van der Waals surface area contributed by atoms with Crippen LogP contribution in [0.15, 0.2) is 30.3 Å². The lowest BCUT2D eigenvalue weighted by molar-refractivity contribution is -0.148. The SMILES string of the molecule is CC[C@H](C)[C@@H]([C@@H](CC(=O)N1CCC[C@H]1[C@H](OC)[C@@H](C)C(=O)N[C@H](C)[C@@H](OCNC(=O)[C@H](CCCNC(N)=O)NC(=O)[C@@H](N)C(C)C)c1ccccc1)OC)N(C)C(=O)[C@@H](NC(=O)[C@H](C(C)C)N(C)C)C(C)C. The van der Waals surface area contributed by atoms with E-state index in [4.69, 9.17) is 25.7 Å². The Bertz CT molecular complexity index is 1860. The third kappa shape index (κ3) is 18.5. The van der Waals surface area contributed by atoms with Gasteiger partial charge in [0.1, 0.15) is 24.9 Å². The van der Waals surface area contributed by atoms with Gasteiger partial charge in [-0.25, -0.2) is 4.79 Å². The van der Waals surface area contributed by atoms with Gasteiger partial charge in [0.25, 0.3) is 0 Å². The summed E-state index contributed by atoms with van der Waals surface area (Å²) in [7, 11) is 8.47. The van der Waals surface area contributed by atoms with Gasteiger partial charge in [-0.05, 0) is 75.9 Å². The fraction of sp³-hybridized carbons (Fsp3) is 0.750. The molecule has 0 unspecified atom stereocenters. The van der Waals surface area contributed by atoms with Crippen molar-refractivity contribution in [2.75, 3.05) is 55.2 Å². The van der Waals surface area contributed by atoms with E-state index in [1.165, 1.54) is 7.11 Å². The molecule has 0 radical (unpaired) electrons. The van der Waals surface area contributed by atoms with Crippen LogP contribution in [0.3, 0.4) is 0 Å². The molecule has 12 atom stereocenters. The van der Waals surface area contributed by atoms with Crippen LogP contribution in [-0.4, -0.2) is 166 Å². The molecule has 1 aliphatic heterocycles. The summed E-state index contributed by atoms with van der Waals surface area (Å²) >= 11 is 0. The molecule has 20 heteroatoms. The lowest BCUT2D eigenvalue weighted by Crippen LogP contribution is -2.59. The van der Waals surface area contributed by atoms with E-state index >= 15 is 0 Å². The van der Waals surface area contributed by atoms with Crippen molar-refractivity contribution in [3.8, 4) is 0 Å². The van der Waals surface area contributed by atoms with Gasteiger partial charge < -0.3 is 62.1 Å². The Hall–Kier alpha value is -4.89. The van der Waals surface area contributed by atoms with E-state index in [-0.39, 0.29) is 73.4 Å². The first-order valence-electron chi connectivity index (χ1n) is 25.8. The van der Waals surface area contributed by atoms with Crippen molar-refractivity contribution < 1.29 is 47.8 Å². The molecule has 0 saturated carbocycles. The van der Waals surface area contributed by atoms with Crippen LogP contribution < -0.4 is 38.1 Å². The van der Waals surface area contributed by atoms with Crippen molar-refractivity contribution in [1.82, 2.24) is 41.3 Å². The van der Waals surface area contributed by atoms with Crippen LogP contribution in [0.2, 0.25) is 0 Å². The van der Waals surface area contributed by atoms with Gasteiger partial charge >= 0.3 is 6.03 Å². The van der Waals surface area contributed by atoms with Gasteiger partial charge in [0.2, 0.25) is 35.4 Å². The Morgan fingerprint density at radius 1 is 0.792 bits per heavy atom. The number of nitrogens with zero attached hydrogens (tertiary/aromatic N) is 3. The lowest BCUT2D eigenvalue weighted by atomic mass is 9.89. The maximum absolute atomic E-state index is 14.5. The number of primary amides is 1. The smallest absolute Gasteiger partial charge is 0.312 e. The summed E-state index contributed by atoms with van der Waals surface area (Å²) in [5.74, 6) is -3.20. The molecule has 2 rings (SSSR count). The van der Waals surface area contributed by atoms with Crippen LogP contribution in [0.1, 0.15) is 119 Å². The lowest BCUT2D eigenvalue weighted by Gasteiger charge is -2.41.